The normalized spacial score (nSPS) is 26.9. The highest BCUT2D eigenvalue weighted by atomic mass is 16.7. The van der Waals surface area contributed by atoms with Gasteiger partial charge in [0, 0.05) is 20.8 Å². The van der Waals surface area contributed by atoms with Crippen molar-refractivity contribution in [2.24, 2.45) is 0 Å². The van der Waals surface area contributed by atoms with Crippen LogP contribution in [0.25, 0.3) is 0 Å². The number of aliphatic hydroxyl groups is 1. The smallest absolute Gasteiger partial charge is 0.303 e. The molecule has 0 aliphatic carbocycles. The molecule has 0 radical (unpaired) electrons. The standard InChI is InChI=1S/C19H24O9/c1-11(20)24-10-15-16(26-12(2)21)17(18(19(23)28-15)27-13(3)22)25-9-14-7-5-4-6-8-14/h4-8,15-19,23H,9-10H2,1-3H3. The van der Waals surface area contributed by atoms with E-state index in [1.54, 1.807) is 0 Å². The molecule has 9 nitrogen and oxygen atoms in total. The molecule has 0 amide bonds. The molecular formula is C19H24O9. The summed E-state index contributed by atoms with van der Waals surface area (Å²) < 4.78 is 26.7. The van der Waals surface area contributed by atoms with Crippen molar-refractivity contribution in [2.45, 2.75) is 58.1 Å². The van der Waals surface area contributed by atoms with Crippen LogP contribution in [0.1, 0.15) is 26.3 Å². The van der Waals surface area contributed by atoms with Gasteiger partial charge >= 0.3 is 17.9 Å². The van der Waals surface area contributed by atoms with Crippen LogP contribution in [0, 0.1) is 0 Å². The average Bonchev–Trinajstić information content (AvgIpc) is 2.62. The van der Waals surface area contributed by atoms with Crippen molar-refractivity contribution in [1.29, 1.82) is 0 Å². The molecule has 1 saturated heterocycles. The highest BCUT2D eigenvalue weighted by Crippen LogP contribution is 2.28. The van der Waals surface area contributed by atoms with Gasteiger partial charge in [0.15, 0.2) is 18.5 Å². The molecule has 5 unspecified atom stereocenters. The Balaban J connectivity index is 2.26. The van der Waals surface area contributed by atoms with E-state index in [-0.39, 0.29) is 13.2 Å². The lowest BCUT2D eigenvalue weighted by atomic mass is 9.98. The van der Waals surface area contributed by atoms with Gasteiger partial charge in [-0.1, -0.05) is 30.3 Å². The number of aliphatic hydroxyl groups excluding tert-OH is 1. The first-order valence-electron chi connectivity index (χ1n) is 8.74. The Morgan fingerprint density at radius 2 is 1.54 bits per heavy atom. The molecule has 1 aromatic rings. The molecule has 1 aromatic carbocycles. The summed E-state index contributed by atoms with van der Waals surface area (Å²) in [5, 5.41) is 10.3. The average molecular weight is 396 g/mol. The third-order valence-electron chi connectivity index (χ3n) is 3.95. The maximum absolute atomic E-state index is 11.6. The lowest BCUT2D eigenvalue weighted by molar-refractivity contribution is -0.302. The van der Waals surface area contributed by atoms with E-state index in [9.17, 15) is 19.5 Å². The first kappa shape index (κ1) is 21.8. The van der Waals surface area contributed by atoms with Crippen molar-refractivity contribution < 1.29 is 43.2 Å². The highest BCUT2D eigenvalue weighted by molar-refractivity contribution is 5.67. The number of hydrogen-bond donors (Lipinski definition) is 1. The Labute approximate surface area is 162 Å². The predicted octanol–water partition coefficient (Wildman–Crippen LogP) is 0.715. The van der Waals surface area contributed by atoms with E-state index < -0.39 is 48.6 Å². The molecule has 5 atom stereocenters. The number of benzene rings is 1. The van der Waals surface area contributed by atoms with E-state index in [2.05, 4.69) is 0 Å². The van der Waals surface area contributed by atoms with E-state index in [1.807, 2.05) is 30.3 Å². The zero-order chi connectivity index (χ0) is 20.7. The summed E-state index contributed by atoms with van der Waals surface area (Å²) in [7, 11) is 0. The second kappa shape index (κ2) is 10.2. The van der Waals surface area contributed by atoms with Crippen LogP contribution in [0.4, 0.5) is 0 Å². The Morgan fingerprint density at radius 1 is 0.929 bits per heavy atom. The fourth-order valence-corrected chi connectivity index (χ4v) is 2.84. The van der Waals surface area contributed by atoms with E-state index in [1.165, 1.54) is 20.8 Å². The van der Waals surface area contributed by atoms with Gasteiger partial charge in [-0.15, -0.1) is 0 Å². The molecule has 154 valence electrons. The molecule has 9 heteroatoms. The third kappa shape index (κ3) is 6.29. The van der Waals surface area contributed by atoms with Crippen molar-refractivity contribution in [3.63, 3.8) is 0 Å². The van der Waals surface area contributed by atoms with Crippen LogP contribution in [-0.2, 0) is 44.7 Å². The van der Waals surface area contributed by atoms with Gasteiger partial charge in [0.05, 0.1) is 6.61 Å². The maximum Gasteiger partial charge on any atom is 0.303 e. The molecule has 1 heterocycles. The van der Waals surface area contributed by atoms with Gasteiger partial charge in [0.1, 0.15) is 18.8 Å². The van der Waals surface area contributed by atoms with Crippen LogP contribution in [0.3, 0.4) is 0 Å². The minimum Gasteiger partial charge on any atom is -0.463 e. The van der Waals surface area contributed by atoms with Crippen LogP contribution in [0.15, 0.2) is 30.3 Å². The highest BCUT2D eigenvalue weighted by Gasteiger charge is 2.50. The maximum atomic E-state index is 11.6. The van der Waals surface area contributed by atoms with Crippen molar-refractivity contribution in [2.75, 3.05) is 6.61 Å². The summed E-state index contributed by atoms with van der Waals surface area (Å²) in [6, 6.07) is 9.16. The quantitative estimate of drug-likeness (QED) is 0.525. The molecule has 1 aliphatic heterocycles. The predicted molar refractivity (Wildman–Crippen MR) is 93.6 cm³/mol. The first-order valence-corrected chi connectivity index (χ1v) is 8.74. The molecule has 1 aliphatic rings. The zero-order valence-electron chi connectivity index (χ0n) is 15.9. The van der Waals surface area contributed by atoms with Crippen LogP contribution < -0.4 is 0 Å². The number of ether oxygens (including phenoxy) is 5. The monoisotopic (exact) mass is 396 g/mol. The molecule has 28 heavy (non-hydrogen) atoms. The second-order valence-electron chi connectivity index (χ2n) is 6.28. The number of carbonyl (C=O) groups is 3. The number of esters is 3. The fourth-order valence-electron chi connectivity index (χ4n) is 2.84. The van der Waals surface area contributed by atoms with Gasteiger partial charge in [0.25, 0.3) is 0 Å². The van der Waals surface area contributed by atoms with Gasteiger partial charge < -0.3 is 28.8 Å². The summed E-state index contributed by atoms with van der Waals surface area (Å²) >= 11 is 0. The number of rotatable bonds is 7. The zero-order valence-corrected chi connectivity index (χ0v) is 15.9. The van der Waals surface area contributed by atoms with Gasteiger partial charge in [-0.25, -0.2) is 0 Å². The van der Waals surface area contributed by atoms with Crippen molar-refractivity contribution in [1.82, 2.24) is 0 Å². The Bertz CT molecular complexity index is 675. The summed E-state index contributed by atoms with van der Waals surface area (Å²) in [6.07, 6.45) is -5.92. The van der Waals surface area contributed by atoms with Crippen LogP contribution in [0.2, 0.25) is 0 Å². The van der Waals surface area contributed by atoms with Crippen LogP contribution >= 0.6 is 0 Å². The van der Waals surface area contributed by atoms with Gasteiger partial charge in [-0.05, 0) is 5.56 Å². The summed E-state index contributed by atoms with van der Waals surface area (Å²) in [5.74, 6) is -1.86. The molecule has 2 rings (SSSR count). The first-order chi connectivity index (χ1) is 13.3. The number of carbonyl (C=O) groups excluding carboxylic acids is 3. The lowest BCUT2D eigenvalue weighted by Gasteiger charge is -2.43. The van der Waals surface area contributed by atoms with E-state index in [0.717, 1.165) is 5.56 Å². The summed E-state index contributed by atoms with van der Waals surface area (Å²) in [4.78, 5) is 34.2. The summed E-state index contributed by atoms with van der Waals surface area (Å²) in [6.45, 7) is 3.41. The molecular weight excluding hydrogens is 372 g/mol. The largest absolute Gasteiger partial charge is 0.463 e. The van der Waals surface area contributed by atoms with Gasteiger partial charge in [0.2, 0.25) is 0 Å². The minimum atomic E-state index is -1.56. The second-order valence-corrected chi connectivity index (χ2v) is 6.28. The van der Waals surface area contributed by atoms with Gasteiger partial charge in [-0.2, -0.15) is 0 Å². The van der Waals surface area contributed by atoms with E-state index >= 15 is 0 Å². The van der Waals surface area contributed by atoms with Crippen LogP contribution in [0.5, 0.6) is 0 Å². The number of hydrogen-bond acceptors (Lipinski definition) is 9. The minimum absolute atomic E-state index is 0.105. The molecule has 1 N–H and O–H groups in total. The Morgan fingerprint density at radius 3 is 2.11 bits per heavy atom. The molecule has 0 spiro atoms. The lowest BCUT2D eigenvalue weighted by Crippen LogP contribution is -2.62. The van der Waals surface area contributed by atoms with E-state index in [0.29, 0.717) is 0 Å². The van der Waals surface area contributed by atoms with E-state index in [4.69, 9.17) is 23.7 Å². The molecule has 0 bridgehead atoms. The van der Waals surface area contributed by atoms with Crippen molar-refractivity contribution >= 4 is 17.9 Å². The third-order valence-corrected chi connectivity index (χ3v) is 3.95. The molecule has 1 fully saturated rings. The van der Waals surface area contributed by atoms with Crippen LogP contribution in [-0.4, -0.2) is 60.3 Å². The molecule has 0 saturated carbocycles. The SMILES string of the molecule is CC(=O)OCC1OC(O)C(OC(C)=O)C(OCc2ccccc2)C1OC(C)=O. The Hall–Kier alpha value is -2.49. The van der Waals surface area contributed by atoms with Crippen molar-refractivity contribution in [3.8, 4) is 0 Å². The fraction of sp³-hybridized carbons (Fsp3) is 0.526. The Kier molecular flexibility index (Phi) is 7.91. The summed E-state index contributed by atoms with van der Waals surface area (Å²) in [5.41, 5.74) is 0.822. The van der Waals surface area contributed by atoms with Crippen molar-refractivity contribution in [3.05, 3.63) is 35.9 Å². The molecule has 0 aromatic heterocycles. The topological polar surface area (TPSA) is 118 Å². The van der Waals surface area contributed by atoms with Gasteiger partial charge in [-0.3, -0.25) is 14.4 Å².